The molecule has 0 aliphatic carbocycles. The molecule has 0 saturated carbocycles. The summed E-state index contributed by atoms with van der Waals surface area (Å²) in [5, 5.41) is 10.8. The number of benzene rings is 1. The summed E-state index contributed by atoms with van der Waals surface area (Å²) in [6.45, 7) is 4.24. The highest BCUT2D eigenvalue weighted by Gasteiger charge is 2.11. The van der Waals surface area contributed by atoms with Crippen molar-refractivity contribution in [3.63, 3.8) is 0 Å². The SMILES string of the molecule is CCCCCCOC(=O)CCCC(=O)OCc1ccc([N+](=O)[O-])c(C)c1. The molecule has 0 radical (unpaired) electrons. The summed E-state index contributed by atoms with van der Waals surface area (Å²) in [5.41, 5.74) is 1.24. The Hall–Kier alpha value is -2.44. The Morgan fingerprint density at radius 2 is 1.73 bits per heavy atom. The third-order valence-corrected chi connectivity index (χ3v) is 3.88. The highest BCUT2D eigenvalue weighted by Crippen LogP contribution is 2.19. The summed E-state index contributed by atoms with van der Waals surface area (Å²) in [6, 6.07) is 4.59. The highest BCUT2D eigenvalue weighted by atomic mass is 16.6. The Bertz CT molecular complexity index is 614. The van der Waals surface area contributed by atoms with Gasteiger partial charge in [0, 0.05) is 24.5 Å². The van der Waals surface area contributed by atoms with E-state index in [1.807, 2.05) is 0 Å². The van der Waals surface area contributed by atoms with Gasteiger partial charge in [0.2, 0.25) is 0 Å². The molecule has 144 valence electrons. The molecule has 0 aliphatic rings. The van der Waals surface area contributed by atoms with Crippen LogP contribution in [0.4, 0.5) is 5.69 Å². The van der Waals surface area contributed by atoms with Gasteiger partial charge in [0.15, 0.2) is 0 Å². The number of nitro benzene ring substituents is 1. The number of ether oxygens (including phenoxy) is 2. The van der Waals surface area contributed by atoms with E-state index in [1.54, 1.807) is 19.1 Å². The maximum absolute atomic E-state index is 11.7. The molecule has 7 heteroatoms. The topological polar surface area (TPSA) is 95.7 Å². The van der Waals surface area contributed by atoms with Gasteiger partial charge < -0.3 is 9.47 Å². The van der Waals surface area contributed by atoms with Crippen LogP contribution in [0.3, 0.4) is 0 Å². The van der Waals surface area contributed by atoms with Crippen molar-refractivity contribution in [1.29, 1.82) is 0 Å². The molecule has 0 atom stereocenters. The van der Waals surface area contributed by atoms with Gasteiger partial charge in [-0.3, -0.25) is 19.7 Å². The standard InChI is InChI=1S/C19H27NO6/c1-3-4-5-6-12-25-18(21)8-7-9-19(22)26-14-16-10-11-17(20(23)24)15(2)13-16/h10-11,13H,3-9,12,14H2,1-2H3. The molecule has 7 nitrogen and oxygen atoms in total. The lowest BCUT2D eigenvalue weighted by atomic mass is 10.1. The molecule has 1 aromatic rings. The van der Waals surface area contributed by atoms with Gasteiger partial charge in [-0.2, -0.15) is 0 Å². The normalized spacial score (nSPS) is 10.4. The van der Waals surface area contributed by atoms with Gasteiger partial charge >= 0.3 is 11.9 Å². The molecule has 0 unspecified atom stereocenters. The second-order valence-corrected chi connectivity index (χ2v) is 6.17. The van der Waals surface area contributed by atoms with E-state index < -0.39 is 10.9 Å². The van der Waals surface area contributed by atoms with E-state index in [0.29, 0.717) is 24.2 Å². The number of nitrogens with zero attached hydrogens (tertiary/aromatic N) is 1. The first-order valence-electron chi connectivity index (χ1n) is 8.99. The quantitative estimate of drug-likeness (QED) is 0.238. The summed E-state index contributed by atoms with van der Waals surface area (Å²) < 4.78 is 10.2. The molecular formula is C19H27NO6. The van der Waals surface area contributed by atoms with Crippen LogP contribution in [0, 0.1) is 17.0 Å². The Kier molecular flexibility index (Phi) is 9.97. The molecule has 0 amide bonds. The fourth-order valence-corrected chi connectivity index (χ4v) is 2.41. The van der Waals surface area contributed by atoms with Crippen LogP contribution in [0.5, 0.6) is 0 Å². The predicted molar refractivity (Wildman–Crippen MR) is 96.6 cm³/mol. The number of carbonyl (C=O) groups is 2. The van der Waals surface area contributed by atoms with Crippen LogP contribution < -0.4 is 0 Å². The van der Waals surface area contributed by atoms with E-state index in [0.717, 1.165) is 25.7 Å². The van der Waals surface area contributed by atoms with Crippen molar-refractivity contribution in [3.05, 3.63) is 39.4 Å². The first-order chi connectivity index (χ1) is 12.4. The second kappa shape index (κ2) is 12.0. The smallest absolute Gasteiger partial charge is 0.306 e. The number of unbranched alkanes of at least 4 members (excludes halogenated alkanes) is 3. The summed E-state index contributed by atoms with van der Waals surface area (Å²) in [5.74, 6) is -0.697. The third kappa shape index (κ3) is 8.60. The lowest BCUT2D eigenvalue weighted by molar-refractivity contribution is -0.385. The van der Waals surface area contributed by atoms with Gasteiger partial charge in [0.05, 0.1) is 11.5 Å². The van der Waals surface area contributed by atoms with E-state index in [-0.39, 0.29) is 31.1 Å². The predicted octanol–water partition coefficient (Wildman–Crippen LogP) is 4.24. The summed E-state index contributed by atoms with van der Waals surface area (Å²) in [6.07, 6.45) is 4.91. The zero-order valence-electron chi connectivity index (χ0n) is 15.5. The molecule has 0 spiro atoms. The molecule has 1 aromatic carbocycles. The van der Waals surface area contributed by atoms with Crippen LogP contribution in [-0.4, -0.2) is 23.5 Å². The van der Waals surface area contributed by atoms with Gasteiger partial charge in [-0.05, 0) is 37.5 Å². The molecule has 0 bridgehead atoms. The second-order valence-electron chi connectivity index (χ2n) is 6.17. The van der Waals surface area contributed by atoms with Crippen LogP contribution in [0.2, 0.25) is 0 Å². The fourth-order valence-electron chi connectivity index (χ4n) is 2.41. The fraction of sp³-hybridized carbons (Fsp3) is 0.579. The van der Waals surface area contributed by atoms with E-state index in [9.17, 15) is 19.7 Å². The van der Waals surface area contributed by atoms with Gasteiger partial charge in [0.25, 0.3) is 5.69 Å². The lowest BCUT2D eigenvalue weighted by Crippen LogP contribution is -2.09. The number of rotatable bonds is 12. The van der Waals surface area contributed by atoms with Gasteiger partial charge in [-0.15, -0.1) is 0 Å². The number of aryl methyl sites for hydroxylation is 1. The molecular weight excluding hydrogens is 338 g/mol. The first-order valence-corrected chi connectivity index (χ1v) is 8.99. The average Bonchev–Trinajstić information content (AvgIpc) is 2.59. The van der Waals surface area contributed by atoms with Crippen LogP contribution in [0.1, 0.15) is 63.0 Å². The molecule has 0 aromatic heterocycles. The van der Waals surface area contributed by atoms with Crippen molar-refractivity contribution in [1.82, 2.24) is 0 Å². The molecule has 26 heavy (non-hydrogen) atoms. The maximum atomic E-state index is 11.7. The highest BCUT2D eigenvalue weighted by molar-refractivity contribution is 5.72. The Morgan fingerprint density at radius 3 is 2.35 bits per heavy atom. The largest absolute Gasteiger partial charge is 0.466 e. The minimum atomic E-state index is -0.450. The Morgan fingerprint density at radius 1 is 1.04 bits per heavy atom. The number of esters is 2. The Balaban J connectivity index is 2.19. The number of carbonyl (C=O) groups excluding carboxylic acids is 2. The van der Waals surface area contributed by atoms with E-state index in [1.165, 1.54) is 6.07 Å². The molecule has 1 rings (SSSR count). The third-order valence-electron chi connectivity index (χ3n) is 3.88. The van der Waals surface area contributed by atoms with Gasteiger partial charge in [-0.1, -0.05) is 26.2 Å². The van der Waals surface area contributed by atoms with Crippen LogP contribution in [0.25, 0.3) is 0 Å². The van der Waals surface area contributed by atoms with Crippen molar-refractivity contribution in [2.75, 3.05) is 6.61 Å². The first kappa shape index (κ1) is 21.6. The average molecular weight is 365 g/mol. The maximum Gasteiger partial charge on any atom is 0.306 e. The lowest BCUT2D eigenvalue weighted by Gasteiger charge is -2.07. The number of nitro groups is 1. The van der Waals surface area contributed by atoms with Crippen molar-refractivity contribution in [3.8, 4) is 0 Å². The zero-order chi connectivity index (χ0) is 19.4. The van der Waals surface area contributed by atoms with Crippen molar-refractivity contribution in [2.45, 2.75) is 65.4 Å². The number of hydrogen-bond donors (Lipinski definition) is 0. The van der Waals surface area contributed by atoms with Crippen molar-refractivity contribution >= 4 is 17.6 Å². The number of hydrogen-bond acceptors (Lipinski definition) is 6. The van der Waals surface area contributed by atoms with Crippen LogP contribution >= 0.6 is 0 Å². The van der Waals surface area contributed by atoms with Crippen molar-refractivity contribution < 1.29 is 24.0 Å². The van der Waals surface area contributed by atoms with Gasteiger partial charge in [-0.25, -0.2) is 0 Å². The molecule has 0 saturated heterocycles. The van der Waals surface area contributed by atoms with Crippen LogP contribution in [-0.2, 0) is 25.7 Å². The van der Waals surface area contributed by atoms with E-state index in [4.69, 9.17) is 9.47 Å². The molecule has 0 heterocycles. The Labute approximate surface area is 153 Å². The monoisotopic (exact) mass is 365 g/mol. The summed E-state index contributed by atoms with van der Waals surface area (Å²) >= 11 is 0. The zero-order valence-corrected chi connectivity index (χ0v) is 15.5. The van der Waals surface area contributed by atoms with Crippen LogP contribution in [0.15, 0.2) is 18.2 Å². The molecule has 0 fully saturated rings. The molecule has 0 N–H and O–H groups in total. The molecule has 0 aliphatic heterocycles. The van der Waals surface area contributed by atoms with Gasteiger partial charge in [0.1, 0.15) is 6.61 Å². The minimum Gasteiger partial charge on any atom is -0.466 e. The minimum absolute atomic E-state index is 0.0354. The van der Waals surface area contributed by atoms with E-state index >= 15 is 0 Å². The summed E-state index contributed by atoms with van der Waals surface area (Å²) in [7, 11) is 0. The van der Waals surface area contributed by atoms with Crippen molar-refractivity contribution in [2.24, 2.45) is 0 Å². The summed E-state index contributed by atoms with van der Waals surface area (Å²) in [4.78, 5) is 33.6. The van der Waals surface area contributed by atoms with E-state index in [2.05, 4.69) is 6.92 Å².